The zero-order valence-electron chi connectivity index (χ0n) is 11.3. The second-order valence-electron chi connectivity index (χ2n) is 4.44. The van der Waals surface area contributed by atoms with E-state index >= 15 is 0 Å². The van der Waals surface area contributed by atoms with Crippen LogP contribution in [0.4, 0.5) is 0 Å². The number of pyridine rings is 1. The molecule has 0 aliphatic rings. The zero-order chi connectivity index (χ0) is 14.4. The summed E-state index contributed by atoms with van der Waals surface area (Å²) in [7, 11) is 0. The Hall–Kier alpha value is -2.38. The molecule has 1 atom stereocenters. The van der Waals surface area contributed by atoms with Crippen molar-refractivity contribution >= 4 is 0 Å². The van der Waals surface area contributed by atoms with Gasteiger partial charge in [0.15, 0.2) is 0 Å². The summed E-state index contributed by atoms with van der Waals surface area (Å²) in [6.45, 7) is 2.32. The molecule has 0 spiro atoms. The van der Waals surface area contributed by atoms with Gasteiger partial charge in [0.05, 0.1) is 6.10 Å². The minimum absolute atomic E-state index is 0.382. The number of aliphatic hydroxyl groups is 1. The Bertz CT molecular complexity index is 603. The van der Waals surface area contributed by atoms with Crippen LogP contribution in [-0.2, 0) is 6.61 Å². The number of hydrogen-bond acceptors (Lipinski definition) is 4. The number of nitrogens with zero attached hydrogens (tertiary/aromatic N) is 2. The smallest absolute Gasteiger partial charge is 0.140 e. The van der Waals surface area contributed by atoms with E-state index in [0.717, 1.165) is 16.9 Å². The zero-order valence-corrected chi connectivity index (χ0v) is 11.3. The van der Waals surface area contributed by atoms with Crippen molar-refractivity contribution in [3.05, 3.63) is 59.4 Å². The SMILES string of the molecule is CC[C@@H](O)c1ccc(OCc2ccnc(C#N)c2)cc1. The van der Waals surface area contributed by atoms with Gasteiger partial charge < -0.3 is 9.84 Å². The summed E-state index contributed by atoms with van der Waals surface area (Å²) in [5.41, 5.74) is 2.16. The minimum Gasteiger partial charge on any atom is -0.489 e. The Balaban J connectivity index is 1.98. The highest BCUT2D eigenvalue weighted by molar-refractivity contribution is 5.29. The average Bonchev–Trinajstić information content (AvgIpc) is 2.53. The van der Waals surface area contributed by atoms with E-state index < -0.39 is 6.10 Å². The second kappa shape index (κ2) is 6.69. The Morgan fingerprint density at radius 3 is 2.70 bits per heavy atom. The first-order valence-electron chi connectivity index (χ1n) is 6.48. The summed E-state index contributed by atoms with van der Waals surface area (Å²) in [5, 5.41) is 18.5. The van der Waals surface area contributed by atoms with Gasteiger partial charge >= 0.3 is 0 Å². The summed E-state index contributed by atoms with van der Waals surface area (Å²) in [5.74, 6) is 0.729. The van der Waals surface area contributed by atoms with Crippen LogP contribution in [0.3, 0.4) is 0 Å². The van der Waals surface area contributed by atoms with E-state index in [2.05, 4.69) is 4.98 Å². The summed E-state index contributed by atoms with van der Waals surface area (Å²) >= 11 is 0. The van der Waals surface area contributed by atoms with Crippen molar-refractivity contribution in [2.45, 2.75) is 26.1 Å². The van der Waals surface area contributed by atoms with Gasteiger partial charge in [-0.15, -0.1) is 0 Å². The van der Waals surface area contributed by atoms with Crippen LogP contribution in [0.25, 0.3) is 0 Å². The molecule has 0 saturated heterocycles. The number of aliphatic hydroxyl groups excluding tert-OH is 1. The van der Waals surface area contributed by atoms with E-state index in [1.165, 1.54) is 0 Å². The fraction of sp³-hybridized carbons (Fsp3) is 0.250. The highest BCUT2D eigenvalue weighted by Gasteiger charge is 2.04. The number of nitriles is 1. The van der Waals surface area contributed by atoms with Crippen LogP contribution in [-0.4, -0.2) is 10.1 Å². The number of ether oxygens (including phenoxy) is 1. The standard InChI is InChI=1S/C16H16N2O2/c1-2-16(19)13-3-5-15(6-4-13)20-11-12-7-8-18-14(9-12)10-17/h3-9,16,19H,2,11H2,1H3/t16-/m1/s1. The molecule has 1 heterocycles. The topological polar surface area (TPSA) is 66.1 Å². The van der Waals surface area contributed by atoms with Crippen molar-refractivity contribution in [1.29, 1.82) is 5.26 Å². The first-order valence-corrected chi connectivity index (χ1v) is 6.48. The van der Waals surface area contributed by atoms with Gasteiger partial charge in [-0.2, -0.15) is 5.26 Å². The van der Waals surface area contributed by atoms with Crippen molar-refractivity contribution in [2.75, 3.05) is 0 Å². The quantitative estimate of drug-likeness (QED) is 0.905. The van der Waals surface area contributed by atoms with E-state index in [-0.39, 0.29) is 0 Å². The molecule has 0 bridgehead atoms. The van der Waals surface area contributed by atoms with Crippen LogP contribution in [0.5, 0.6) is 5.75 Å². The van der Waals surface area contributed by atoms with Gasteiger partial charge in [0.25, 0.3) is 0 Å². The lowest BCUT2D eigenvalue weighted by Gasteiger charge is -2.10. The summed E-state index contributed by atoms with van der Waals surface area (Å²) < 4.78 is 5.64. The van der Waals surface area contributed by atoms with Crippen LogP contribution < -0.4 is 4.74 Å². The Morgan fingerprint density at radius 1 is 1.30 bits per heavy atom. The Morgan fingerprint density at radius 2 is 2.05 bits per heavy atom. The maximum Gasteiger partial charge on any atom is 0.140 e. The largest absolute Gasteiger partial charge is 0.489 e. The first kappa shape index (κ1) is 14.0. The molecule has 0 amide bonds. The summed E-state index contributed by atoms with van der Waals surface area (Å²) in [6, 6.07) is 12.9. The predicted octanol–water partition coefficient (Wildman–Crippen LogP) is 2.98. The molecule has 4 nitrogen and oxygen atoms in total. The molecule has 1 aromatic carbocycles. The molecule has 1 N–H and O–H groups in total. The molecule has 2 aromatic rings. The van der Waals surface area contributed by atoms with Crippen LogP contribution in [0, 0.1) is 11.3 Å². The molecule has 0 radical (unpaired) electrons. The summed E-state index contributed by atoms with van der Waals surface area (Å²) in [6.07, 6.45) is 1.86. The molecular weight excluding hydrogens is 252 g/mol. The van der Waals surface area contributed by atoms with Gasteiger partial charge in [-0.1, -0.05) is 19.1 Å². The molecule has 2 rings (SSSR count). The van der Waals surface area contributed by atoms with E-state index in [1.807, 2.05) is 43.3 Å². The molecule has 0 fully saturated rings. The number of benzene rings is 1. The molecular formula is C16H16N2O2. The van der Waals surface area contributed by atoms with Crippen LogP contribution in [0.1, 0.15) is 36.3 Å². The van der Waals surface area contributed by atoms with Crippen molar-refractivity contribution in [3.63, 3.8) is 0 Å². The monoisotopic (exact) mass is 268 g/mol. The molecule has 1 aromatic heterocycles. The van der Waals surface area contributed by atoms with Crippen molar-refractivity contribution < 1.29 is 9.84 Å². The van der Waals surface area contributed by atoms with E-state index in [9.17, 15) is 5.11 Å². The fourth-order valence-corrected chi connectivity index (χ4v) is 1.81. The third-order valence-electron chi connectivity index (χ3n) is 3.00. The Labute approximate surface area is 118 Å². The van der Waals surface area contributed by atoms with Gasteiger partial charge in [0, 0.05) is 6.20 Å². The highest BCUT2D eigenvalue weighted by atomic mass is 16.5. The van der Waals surface area contributed by atoms with Crippen LogP contribution >= 0.6 is 0 Å². The van der Waals surface area contributed by atoms with Crippen molar-refractivity contribution in [3.8, 4) is 11.8 Å². The molecule has 20 heavy (non-hydrogen) atoms. The van der Waals surface area contributed by atoms with Crippen LogP contribution in [0.2, 0.25) is 0 Å². The van der Waals surface area contributed by atoms with Gasteiger partial charge in [-0.05, 0) is 41.8 Å². The maximum absolute atomic E-state index is 9.71. The van der Waals surface area contributed by atoms with Gasteiger partial charge in [0.1, 0.15) is 24.1 Å². The summed E-state index contributed by atoms with van der Waals surface area (Å²) in [4.78, 5) is 3.91. The molecule has 102 valence electrons. The molecule has 0 aliphatic heterocycles. The minimum atomic E-state index is -0.428. The lowest BCUT2D eigenvalue weighted by Crippen LogP contribution is -1.98. The first-order chi connectivity index (χ1) is 9.72. The molecule has 4 heteroatoms. The third kappa shape index (κ3) is 3.56. The van der Waals surface area contributed by atoms with Gasteiger partial charge in [-0.3, -0.25) is 0 Å². The third-order valence-corrected chi connectivity index (χ3v) is 3.00. The number of hydrogen-bond donors (Lipinski definition) is 1. The normalized spacial score (nSPS) is 11.7. The molecule has 0 aliphatic carbocycles. The second-order valence-corrected chi connectivity index (χ2v) is 4.44. The highest BCUT2D eigenvalue weighted by Crippen LogP contribution is 2.20. The van der Waals surface area contributed by atoms with E-state index in [4.69, 9.17) is 10.00 Å². The van der Waals surface area contributed by atoms with E-state index in [0.29, 0.717) is 18.7 Å². The van der Waals surface area contributed by atoms with Gasteiger partial charge in [0.2, 0.25) is 0 Å². The maximum atomic E-state index is 9.71. The lowest BCUT2D eigenvalue weighted by molar-refractivity contribution is 0.173. The van der Waals surface area contributed by atoms with Gasteiger partial charge in [-0.25, -0.2) is 4.98 Å². The average molecular weight is 268 g/mol. The van der Waals surface area contributed by atoms with Crippen LogP contribution in [0.15, 0.2) is 42.6 Å². The Kier molecular flexibility index (Phi) is 4.70. The van der Waals surface area contributed by atoms with Crippen molar-refractivity contribution in [2.24, 2.45) is 0 Å². The molecule has 0 saturated carbocycles. The fourth-order valence-electron chi connectivity index (χ4n) is 1.81. The molecule has 0 unspecified atom stereocenters. The predicted molar refractivity (Wildman–Crippen MR) is 75.0 cm³/mol. The van der Waals surface area contributed by atoms with E-state index in [1.54, 1.807) is 12.3 Å². The number of rotatable bonds is 5. The number of aromatic nitrogens is 1. The van der Waals surface area contributed by atoms with Crippen molar-refractivity contribution in [1.82, 2.24) is 4.98 Å². The lowest BCUT2D eigenvalue weighted by atomic mass is 10.1.